The third-order valence-corrected chi connectivity index (χ3v) is 5.79. The number of likely N-dealkylation sites (N-methyl/N-ethyl adjacent to an activating group) is 1. The second-order valence-electron chi connectivity index (χ2n) is 7.00. The Morgan fingerprint density at radius 1 is 1.35 bits per heavy atom. The molecule has 1 heterocycles. The van der Waals surface area contributed by atoms with Crippen LogP contribution in [0.4, 0.5) is 0 Å². The van der Waals surface area contributed by atoms with E-state index in [4.69, 9.17) is 11.6 Å². The minimum atomic E-state index is 0. The molecular formula is C18H26Cl2N2O. The van der Waals surface area contributed by atoms with Gasteiger partial charge in [0.05, 0.1) is 0 Å². The van der Waals surface area contributed by atoms with Crippen molar-refractivity contribution in [3.8, 4) is 0 Å². The van der Waals surface area contributed by atoms with Crippen molar-refractivity contribution in [2.45, 2.75) is 38.6 Å². The Kier molecular flexibility index (Phi) is 5.99. The van der Waals surface area contributed by atoms with E-state index in [0.29, 0.717) is 11.3 Å². The normalized spacial score (nSPS) is 23.0. The molecule has 1 aromatic carbocycles. The molecule has 1 amide bonds. The van der Waals surface area contributed by atoms with Crippen LogP contribution in [0.25, 0.3) is 0 Å². The van der Waals surface area contributed by atoms with Gasteiger partial charge in [-0.15, -0.1) is 12.4 Å². The number of nitrogens with zero attached hydrogens (tertiary/aromatic N) is 1. The van der Waals surface area contributed by atoms with E-state index in [1.54, 1.807) is 0 Å². The SMILES string of the molecule is CC(Cc1ccc(Cl)cc1)N(C)C(=O)C1CC12CCNCC2.Cl. The Balaban J connectivity index is 0.00000192. The van der Waals surface area contributed by atoms with Gasteiger partial charge in [-0.1, -0.05) is 23.7 Å². The molecule has 3 rings (SSSR count). The Morgan fingerprint density at radius 3 is 2.57 bits per heavy atom. The maximum atomic E-state index is 12.7. The highest BCUT2D eigenvalue weighted by molar-refractivity contribution is 6.30. The smallest absolute Gasteiger partial charge is 0.226 e. The second kappa shape index (κ2) is 7.42. The van der Waals surface area contributed by atoms with Crippen LogP contribution in [-0.4, -0.2) is 37.0 Å². The van der Waals surface area contributed by atoms with E-state index < -0.39 is 0 Å². The number of rotatable bonds is 4. The molecule has 1 saturated carbocycles. The van der Waals surface area contributed by atoms with Crippen LogP contribution >= 0.6 is 24.0 Å². The molecule has 1 aromatic rings. The highest BCUT2D eigenvalue weighted by Gasteiger charge is 2.58. The standard InChI is InChI=1S/C18H25ClN2O.ClH/c1-13(11-14-3-5-15(19)6-4-14)21(2)17(22)16-12-18(16)7-9-20-10-8-18;/h3-6,13,16,20H,7-12H2,1-2H3;1H. The maximum absolute atomic E-state index is 12.7. The molecule has 1 spiro atoms. The summed E-state index contributed by atoms with van der Waals surface area (Å²) < 4.78 is 0. The van der Waals surface area contributed by atoms with Crippen LogP contribution < -0.4 is 5.32 Å². The van der Waals surface area contributed by atoms with Gasteiger partial charge in [-0.25, -0.2) is 0 Å². The Labute approximate surface area is 150 Å². The van der Waals surface area contributed by atoms with Gasteiger partial charge in [0.15, 0.2) is 0 Å². The third-order valence-electron chi connectivity index (χ3n) is 5.54. The molecule has 5 heteroatoms. The lowest BCUT2D eigenvalue weighted by atomic mass is 9.91. The summed E-state index contributed by atoms with van der Waals surface area (Å²) in [5.74, 6) is 0.593. The van der Waals surface area contributed by atoms with Crippen LogP contribution in [0.1, 0.15) is 31.7 Å². The predicted molar refractivity (Wildman–Crippen MR) is 97.3 cm³/mol. The first-order chi connectivity index (χ1) is 10.5. The van der Waals surface area contributed by atoms with Crippen LogP contribution in [0.15, 0.2) is 24.3 Å². The Hall–Kier alpha value is -0.770. The largest absolute Gasteiger partial charge is 0.342 e. The first-order valence-corrected chi connectivity index (χ1v) is 8.61. The van der Waals surface area contributed by atoms with Crippen molar-refractivity contribution < 1.29 is 4.79 Å². The summed E-state index contributed by atoms with van der Waals surface area (Å²) in [4.78, 5) is 14.7. The summed E-state index contributed by atoms with van der Waals surface area (Å²) in [7, 11) is 1.95. The highest BCUT2D eigenvalue weighted by atomic mass is 35.5. The zero-order chi connectivity index (χ0) is 15.7. The number of piperidine rings is 1. The Morgan fingerprint density at radius 2 is 1.96 bits per heavy atom. The molecule has 0 radical (unpaired) electrons. The first-order valence-electron chi connectivity index (χ1n) is 8.24. The summed E-state index contributed by atoms with van der Waals surface area (Å²) in [5, 5.41) is 4.15. The van der Waals surface area contributed by atoms with Gasteiger partial charge >= 0.3 is 0 Å². The molecular weight excluding hydrogens is 331 g/mol. The van der Waals surface area contributed by atoms with E-state index in [2.05, 4.69) is 12.2 Å². The topological polar surface area (TPSA) is 32.3 Å². The van der Waals surface area contributed by atoms with Gasteiger partial charge in [-0.3, -0.25) is 4.79 Å². The fourth-order valence-electron chi connectivity index (χ4n) is 3.74. The van der Waals surface area contributed by atoms with Crippen molar-refractivity contribution in [3.63, 3.8) is 0 Å². The van der Waals surface area contributed by atoms with Crippen molar-refractivity contribution in [2.75, 3.05) is 20.1 Å². The van der Waals surface area contributed by atoms with Gasteiger partial charge in [0.25, 0.3) is 0 Å². The number of halogens is 2. The van der Waals surface area contributed by atoms with E-state index >= 15 is 0 Å². The van der Waals surface area contributed by atoms with Gasteiger partial charge in [0.2, 0.25) is 5.91 Å². The second-order valence-corrected chi connectivity index (χ2v) is 7.43. The van der Waals surface area contributed by atoms with Crippen LogP contribution in [0.3, 0.4) is 0 Å². The monoisotopic (exact) mass is 356 g/mol. The number of carbonyl (C=O) groups excluding carboxylic acids is 1. The maximum Gasteiger partial charge on any atom is 0.226 e. The molecule has 1 N–H and O–H groups in total. The number of nitrogens with one attached hydrogen (secondary N) is 1. The van der Waals surface area contributed by atoms with E-state index in [-0.39, 0.29) is 24.4 Å². The number of carbonyl (C=O) groups is 1. The molecule has 2 aliphatic rings. The molecule has 0 bridgehead atoms. The van der Waals surface area contributed by atoms with Gasteiger partial charge in [-0.05, 0) is 68.8 Å². The van der Waals surface area contributed by atoms with E-state index in [1.165, 1.54) is 5.56 Å². The van der Waals surface area contributed by atoms with Gasteiger partial charge < -0.3 is 10.2 Å². The number of amides is 1. The summed E-state index contributed by atoms with van der Waals surface area (Å²) in [5.41, 5.74) is 1.54. The van der Waals surface area contributed by atoms with Crippen LogP contribution in [0, 0.1) is 11.3 Å². The molecule has 3 nitrogen and oxygen atoms in total. The fraction of sp³-hybridized carbons (Fsp3) is 0.611. The van der Waals surface area contributed by atoms with E-state index in [9.17, 15) is 4.79 Å². The molecule has 2 fully saturated rings. The molecule has 1 saturated heterocycles. The molecule has 0 aromatic heterocycles. The zero-order valence-electron chi connectivity index (χ0n) is 13.8. The van der Waals surface area contributed by atoms with E-state index in [1.807, 2.05) is 36.2 Å². The number of benzene rings is 1. The predicted octanol–water partition coefficient (Wildman–Crippen LogP) is 3.54. The summed E-state index contributed by atoms with van der Waals surface area (Å²) in [6.07, 6.45) is 4.28. The van der Waals surface area contributed by atoms with Gasteiger partial charge in [-0.2, -0.15) is 0 Å². The lowest BCUT2D eigenvalue weighted by molar-refractivity contribution is -0.134. The average Bonchev–Trinajstić information content (AvgIpc) is 3.21. The third kappa shape index (κ3) is 4.01. The van der Waals surface area contributed by atoms with Crippen molar-refractivity contribution in [2.24, 2.45) is 11.3 Å². The number of hydrogen-bond acceptors (Lipinski definition) is 2. The van der Waals surface area contributed by atoms with Crippen LogP contribution in [0.5, 0.6) is 0 Å². The van der Waals surface area contributed by atoms with Crippen LogP contribution in [0.2, 0.25) is 5.02 Å². The molecule has 2 unspecified atom stereocenters. The summed E-state index contributed by atoms with van der Waals surface area (Å²) in [6, 6.07) is 8.13. The van der Waals surface area contributed by atoms with Gasteiger partial charge in [0, 0.05) is 24.0 Å². The fourth-order valence-corrected chi connectivity index (χ4v) is 3.86. The van der Waals surface area contributed by atoms with Gasteiger partial charge in [0.1, 0.15) is 0 Å². The highest BCUT2D eigenvalue weighted by Crippen LogP contribution is 2.59. The lowest BCUT2D eigenvalue weighted by Crippen LogP contribution is -2.39. The quantitative estimate of drug-likeness (QED) is 0.894. The van der Waals surface area contributed by atoms with Crippen molar-refractivity contribution in [3.05, 3.63) is 34.9 Å². The molecule has 23 heavy (non-hydrogen) atoms. The van der Waals surface area contributed by atoms with E-state index in [0.717, 1.165) is 43.8 Å². The van der Waals surface area contributed by atoms with Crippen LogP contribution in [-0.2, 0) is 11.2 Å². The van der Waals surface area contributed by atoms with Crippen molar-refractivity contribution >= 4 is 29.9 Å². The van der Waals surface area contributed by atoms with Crippen molar-refractivity contribution in [1.82, 2.24) is 10.2 Å². The molecule has 1 aliphatic heterocycles. The molecule has 2 atom stereocenters. The Bertz CT molecular complexity index is 540. The minimum Gasteiger partial charge on any atom is -0.342 e. The lowest BCUT2D eigenvalue weighted by Gasteiger charge is -2.28. The molecule has 1 aliphatic carbocycles. The average molecular weight is 357 g/mol. The zero-order valence-corrected chi connectivity index (χ0v) is 15.4. The van der Waals surface area contributed by atoms with Crippen molar-refractivity contribution in [1.29, 1.82) is 0 Å². The minimum absolute atomic E-state index is 0. The summed E-state index contributed by atoms with van der Waals surface area (Å²) >= 11 is 5.92. The summed E-state index contributed by atoms with van der Waals surface area (Å²) in [6.45, 7) is 4.26. The number of hydrogen-bond donors (Lipinski definition) is 1. The first kappa shape index (κ1) is 18.6. The molecule has 128 valence electrons.